The first-order valence-corrected chi connectivity index (χ1v) is 8.52. The Morgan fingerprint density at radius 1 is 1.12 bits per heavy atom. The summed E-state index contributed by atoms with van der Waals surface area (Å²) < 4.78 is 5.36. The minimum Gasteiger partial charge on any atom is -0.378 e. The molecule has 1 fully saturated rings. The number of nitro benzene ring substituents is 1. The maximum atomic E-state index is 12.3. The molecule has 1 atom stereocenters. The Balaban J connectivity index is 1.62. The van der Waals surface area contributed by atoms with Crippen LogP contribution in [0.5, 0.6) is 0 Å². The van der Waals surface area contributed by atoms with Crippen molar-refractivity contribution in [1.82, 2.24) is 5.32 Å². The first-order chi connectivity index (χ1) is 12.5. The predicted molar refractivity (Wildman–Crippen MR) is 98.5 cm³/mol. The average Bonchev–Trinajstić information content (AvgIpc) is 2.68. The molecule has 0 radical (unpaired) electrons. The van der Waals surface area contributed by atoms with Crippen LogP contribution in [0.25, 0.3) is 0 Å². The molecule has 0 aliphatic carbocycles. The summed E-state index contributed by atoms with van der Waals surface area (Å²) in [5, 5.41) is 13.6. The highest BCUT2D eigenvalue weighted by molar-refractivity contribution is 5.94. The lowest BCUT2D eigenvalue weighted by atomic mass is 10.1. The molecule has 1 unspecified atom stereocenters. The normalized spacial score (nSPS) is 15.3. The maximum absolute atomic E-state index is 12.3. The van der Waals surface area contributed by atoms with Gasteiger partial charge >= 0.3 is 0 Å². The van der Waals surface area contributed by atoms with Crippen molar-refractivity contribution in [3.8, 4) is 0 Å². The third kappa shape index (κ3) is 4.18. The van der Waals surface area contributed by atoms with Gasteiger partial charge in [-0.05, 0) is 36.8 Å². The van der Waals surface area contributed by atoms with Crippen LogP contribution in [0, 0.1) is 10.1 Å². The number of ether oxygens (including phenoxy) is 1. The van der Waals surface area contributed by atoms with E-state index in [-0.39, 0.29) is 17.6 Å². The zero-order valence-electron chi connectivity index (χ0n) is 14.6. The number of carbonyl (C=O) groups excluding carboxylic acids is 1. The quantitative estimate of drug-likeness (QED) is 0.658. The molecule has 1 heterocycles. The molecule has 2 aromatic carbocycles. The van der Waals surface area contributed by atoms with Crippen molar-refractivity contribution < 1.29 is 14.5 Å². The fourth-order valence-electron chi connectivity index (χ4n) is 2.89. The number of morpholine rings is 1. The molecule has 26 heavy (non-hydrogen) atoms. The van der Waals surface area contributed by atoms with Gasteiger partial charge < -0.3 is 15.0 Å². The molecular formula is C19H21N3O4. The summed E-state index contributed by atoms with van der Waals surface area (Å²) in [7, 11) is 0. The SMILES string of the molecule is CC(NC(=O)c1ccc([N+](=O)[O-])cc1)c1ccc(N2CCOCC2)cc1. The van der Waals surface area contributed by atoms with Crippen molar-refractivity contribution in [2.75, 3.05) is 31.2 Å². The number of carbonyl (C=O) groups is 1. The number of anilines is 1. The highest BCUT2D eigenvalue weighted by Gasteiger charge is 2.15. The van der Waals surface area contributed by atoms with Gasteiger partial charge in [0.1, 0.15) is 0 Å². The number of nitro groups is 1. The Labute approximate surface area is 151 Å². The molecular weight excluding hydrogens is 334 g/mol. The van der Waals surface area contributed by atoms with Crippen LogP contribution < -0.4 is 10.2 Å². The minimum absolute atomic E-state index is 0.0340. The average molecular weight is 355 g/mol. The Morgan fingerprint density at radius 2 is 1.73 bits per heavy atom. The standard InChI is InChI=1S/C19H21N3O4/c1-14(20-19(23)16-4-8-18(9-5-16)22(24)25)15-2-6-17(7-3-15)21-10-12-26-13-11-21/h2-9,14H,10-13H2,1H3,(H,20,23). The van der Waals surface area contributed by atoms with Crippen molar-refractivity contribution in [3.63, 3.8) is 0 Å². The maximum Gasteiger partial charge on any atom is 0.269 e. The second-order valence-electron chi connectivity index (χ2n) is 6.19. The topological polar surface area (TPSA) is 84.7 Å². The lowest BCUT2D eigenvalue weighted by molar-refractivity contribution is -0.384. The smallest absolute Gasteiger partial charge is 0.269 e. The molecule has 2 aromatic rings. The summed E-state index contributed by atoms with van der Waals surface area (Å²) in [6.45, 7) is 5.15. The second-order valence-corrected chi connectivity index (χ2v) is 6.19. The minimum atomic E-state index is -0.486. The largest absolute Gasteiger partial charge is 0.378 e. The fourth-order valence-corrected chi connectivity index (χ4v) is 2.89. The molecule has 0 bridgehead atoms. The number of hydrogen-bond acceptors (Lipinski definition) is 5. The molecule has 7 heteroatoms. The van der Waals surface area contributed by atoms with E-state index in [1.807, 2.05) is 19.1 Å². The van der Waals surface area contributed by atoms with Gasteiger partial charge in [0.2, 0.25) is 0 Å². The van der Waals surface area contributed by atoms with Crippen LogP contribution in [0.1, 0.15) is 28.9 Å². The summed E-state index contributed by atoms with van der Waals surface area (Å²) in [6.07, 6.45) is 0. The van der Waals surface area contributed by atoms with E-state index in [0.717, 1.165) is 37.6 Å². The van der Waals surface area contributed by atoms with Gasteiger partial charge in [-0.3, -0.25) is 14.9 Å². The molecule has 0 spiro atoms. The van der Waals surface area contributed by atoms with E-state index in [1.54, 1.807) is 0 Å². The van der Waals surface area contributed by atoms with Gasteiger partial charge in [0, 0.05) is 36.5 Å². The van der Waals surface area contributed by atoms with Crippen LogP contribution in [0.2, 0.25) is 0 Å². The van der Waals surface area contributed by atoms with E-state index in [9.17, 15) is 14.9 Å². The number of amides is 1. The fraction of sp³-hybridized carbons (Fsp3) is 0.316. The number of benzene rings is 2. The van der Waals surface area contributed by atoms with E-state index < -0.39 is 4.92 Å². The van der Waals surface area contributed by atoms with Crippen LogP contribution in [0.15, 0.2) is 48.5 Å². The Kier molecular flexibility index (Phi) is 5.48. The molecule has 7 nitrogen and oxygen atoms in total. The van der Waals surface area contributed by atoms with Gasteiger partial charge in [0.25, 0.3) is 11.6 Å². The van der Waals surface area contributed by atoms with Crippen LogP contribution >= 0.6 is 0 Å². The molecule has 1 amide bonds. The summed E-state index contributed by atoms with van der Waals surface area (Å²) in [4.78, 5) is 24.8. The first kappa shape index (κ1) is 17.9. The van der Waals surface area contributed by atoms with E-state index in [2.05, 4.69) is 22.3 Å². The summed E-state index contributed by atoms with van der Waals surface area (Å²) in [5.41, 5.74) is 2.50. The van der Waals surface area contributed by atoms with E-state index in [1.165, 1.54) is 24.3 Å². The van der Waals surface area contributed by atoms with E-state index >= 15 is 0 Å². The molecule has 3 rings (SSSR count). The zero-order valence-corrected chi connectivity index (χ0v) is 14.6. The van der Waals surface area contributed by atoms with Gasteiger partial charge in [-0.2, -0.15) is 0 Å². The van der Waals surface area contributed by atoms with Gasteiger partial charge in [-0.15, -0.1) is 0 Å². The van der Waals surface area contributed by atoms with Crippen molar-refractivity contribution in [2.45, 2.75) is 13.0 Å². The highest BCUT2D eigenvalue weighted by Crippen LogP contribution is 2.21. The Bertz CT molecular complexity index is 768. The molecule has 1 saturated heterocycles. The van der Waals surface area contributed by atoms with Crippen LogP contribution in [0.3, 0.4) is 0 Å². The van der Waals surface area contributed by atoms with Crippen LogP contribution in [-0.4, -0.2) is 37.1 Å². The van der Waals surface area contributed by atoms with Gasteiger partial charge in [0.15, 0.2) is 0 Å². The van der Waals surface area contributed by atoms with Crippen molar-refractivity contribution in [2.24, 2.45) is 0 Å². The summed E-state index contributed by atoms with van der Waals surface area (Å²) >= 11 is 0. The van der Waals surface area contributed by atoms with Gasteiger partial charge in [-0.25, -0.2) is 0 Å². The molecule has 0 saturated carbocycles. The molecule has 136 valence electrons. The third-order valence-electron chi connectivity index (χ3n) is 4.46. The van der Waals surface area contributed by atoms with Crippen LogP contribution in [0.4, 0.5) is 11.4 Å². The predicted octanol–water partition coefficient (Wildman–Crippen LogP) is 2.92. The molecule has 0 aromatic heterocycles. The lowest BCUT2D eigenvalue weighted by Crippen LogP contribution is -2.36. The number of rotatable bonds is 5. The van der Waals surface area contributed by atoms with Crippen molar-refractivity contribution >= 4 is 17.3 Å². The third-order valence-corrected chi connectivity index (χ3v) is 4.46. The molecule has 1 aliphatic heterocycles. The van der Waals surface area contributed by atoms with Gasteiger partial charge in [0.05, 0.1) is 24.2 Å². The number of nitrogens with one attached hydrogen (secondary N) is 1. The number of non-ortho nitro benzene ring substituents is 1. The summed E-state index contributed by atoms with van der Waals surface area (Å²) in [6, 6.07) is 13.5. The summed E-state index contributed by atoms with van der Waals surface area (Å²) in [5.74, 6) is -0.260. The second kappa shape index (κ2) is 7.97. The monoisotopic (exact) mass is 355 g/mol. The number of hydrogen-bond donors (Lipinski definition) is 1. The van der Waals surface area contributed by atoms with Crippen molar-refractivity contribution in [1.29, 1.82) is 0 Å². The molecule has 1 aliphatic rings. The Hall–Kier alpha value is -2.93. The highest BCUT2D eigenvalue weighted by atomic mass is 16.6. The van der Waals surface area contributed by atoms with Crippen LogP contribution in [-0.2, 0) is 4.74 Å². The lowest BCUT2D eigenvalue weighted by Gasteiger charge is -2.29. The van der Waals surface area contributed by atoms with E-state index in [4.69, 9.17) is 4.74 Å². The Morgan fingerprint density at radius 3 is 2.31 bits per heavy atom. The number of nitrogens with zero attached hydrogens (tertiary/aromatic N) is 2. The van der Waals surface area contributed by atoms with Gasteiger partial charge in [-0.1, -0.05) is 12.1 Å². The van der Waals surface area contributed by atoms with E-state index in [0.29, 0.717) is 5.56 Å². The van der Waals surface area contributed by atoms with Crippen molar-refractivity contribution in [3.05, 3.63) is 69.8 Å². The first-order valence-electron chi connectivity index (χ1n) is 8.52. The molecule has 1 N–H and O–H groups in total. The zero-order chi connectivity index (χ0) is 18.5.